The van der Waals surface area contributed by atoms with E-state index < -0.39 is 0 Å². The number of hydrogen-bond acceptors (Lipinski definition) is 6. The minimum atomic E-state index is -0.326. The first-order chi connectivity index (χ1) is 11.5. The molecule has 0 bridgehead atoms. The van der Waals surface area contributed by atoms with Gasteiger partial charge in [-0.1, -0.05) is 11.3 Å². The van der Waals surface area contributed by atoms with Gasteiger partial charge in [-0.15, -0.1) is 10.2 Å². The molecule has 0 spiro atoms. The number of hydrogen-bond donors (Lipinski definition) is 2. The summed E-state index contributed by atoms with van der Waals surface area (Å²) in [4.78, 5) is 19.3. The number of H-pyrrole nitrogens is 1. The molecule has 1 unspecified atom stereocenters. The second-order valence-electron chi connectivity index (χ2n) is 5.22. The van der Waals surface area contributed by atoms with Crippen LogP contribution >= 0.6 is 11.3 Å². The molecule has 2 heterocycles. The fourth-order valence-corrected chi connectivity index (χ4v) is 2.91. The summed E-state index contributed by atoms with van der Waals surface area (Å²) in [6.07, 6.45) is 0.489. The van der Waals surface area contributed by atoms with Crippen molar-refractivity contribution in [2.75, 3.05) is 12.4 Å². The molecule has 126 valence electrons. The lowest BCUT2D eigenvalue weighted by Gasteiger charge is -2.02. The average Bonchev–Trinajstić information content (AvgIpc) is 3.18. The summed E-state index contributed by atoms with van der Waals surface area (Å²) in [6, 6.07) is 4.34. The van der Waals surface area contributed by atoms with Gasteiger partial charge in [0.25, 0.3) is 0 Å². The highest BCUT2D eigenvalue weighted by molar-refractivity contribution is 7.15. The van der Waals surface area contributed by atoms with Gasteiger partial charge in [0.15, 0.2) is 0 Å². The van der Waals surface area contributed by atoms with Crippen LogP contribution in [-0.4, -0.2) is 33.2 Å². The quantitative estimate of drug-likeness (QED) is 0.714. The van der Waals surface area contributed by atoms with Crippen LogP contribution in [0.3, 0.4) is 0 Å². The van der Waals surface area contributed by atoms with Crippen LogP contribution in [0, 0.1) is 5.82 Å². The number of ether oxygens (including phenoxy) is 1. The first-order valence-electron chi connectivity index (χ1n) is 7.35. The maximum absolute atomic E-state index is 13.2. The molecule has 3 aromatic rings. The number of rotatable bonds is 6. The second-order valence-corrected chi connectivity index (χ2v) is 6.23. The van der Waals surface area contributed by atoms with E-state index in [1.165, 1.54) is 23.5 Å². The van der Waals surface area contributed by atoms with E-state index in [0.717, 1.165) is 0 Å². The highest BCUT2D eigenvalue weighted by atomic mass is 32.1. The number of aromatic amines is 1. The fourth-order valence-electron chi connectivity index (χ4n) is 2.12. The Morgan fingerprint density at radius 1 is 1.46 bits per heavy atom. The highest BCUT2D eigenvalue weighted by Gasteiger charge is 2.13. The maximum atomic E-state index is 13.2. The van der Waals surface area contributed by atoms with Crippen LogP contribution < -0.4 is 5.32 Å². The van der Waals surface area contributed by atoms with Crippen LogP contribution in [-0.2, 0) is 16.0 Å². The molecule has 0 aliphatic heterocycles. The van der Waals surface area contributed by atoms with Gasteiger partial charge in [0.1, 0.15) is 22.8 Å². The third kappa shape index (κ3) is 3.74. The van der Waals surface area contributed by atoms with E-state index >= 15 is 0 Å². The molecule has 9 heteroatoms. The number of benzene rings is 1. The molecule has 2 N–H and O–H groups in total. The molecule has 0 saturated carbocycles. The lowest BCUT2D eigenvalue weighted by molar-refractivity contribution is -0.116. The second kappa shape index (κ2) is 7.02. The third-order valence-corrected chi connectivity index (χ3v) is 4.47. The van der Waals surface area contributed by atoms with E-state index in [4.69, 9.17) is 4.74 Å². The molecular formula is C15H16FN5O2S. The zero-order chi connectivity index (χ0) is 17.1. The highest BCUT2D eigenvalue weighted by Crippen LogP contribution is 2.23. The number of amides is 1. The van der Waals surface area contributed by atoms with Gasteiger partial charge in [0.05, 0.1) is 11.0 Å². The normalized spacial score (nSPS) is 12.5. The molecule has 0 saturated heterocycles. The predicted octanol–water partition coefficient (Wildman–Crippen LogP) is 2.83. The number of methoxy groups -OCH3 is 1. The van der Waals surface area contributed by atoms with E-state index in [9.17, 15) is 9.18 Å². The topological polar surface area (TPSA) is 92.8 Å². The number of nitrogens with zero attached hydrogens (tertiary/aromatic N) is 3. The summed E-state index contributed by atoms with van der Waals surface area (Å²) in [7, 11) is 1.59. The van der Waals surface area contributed by atoms with E-state index in [1.807, 2.05) is 6.92 Å². The number of nitrogens with one attached hydrogen (secondary N) is 2. The number of anilines is 1. The van der Waals surface area contributed by atoms with Crippen LogP contribution in [0.4, 0.5) is 9.52 Å². The van der Waals surface area contributed by atoms with E-state index in [2.05, 4.69) is 25.5 Å². The molecule has 0 aliphatic carbocycles. The van der Waals surface area contributed by atoms with Crippen molar-refractivity contribution in [1.82, 2.24) is 20.2 Å². The van der Waals surface area contributed by atoms with Gasteiger partial charge in [-0.05, 0) is 25.1 Å². The molecule has 24 heavy (non-hydrogen) atoms. The SMILES string of the molecule is COC(C)c1nnc(NC(=O)CCc2nc3ccc(F)cc3[nH]2)s1. The number of aromatic nitrogens is 4. The average molecular weight is 349 g/mol. The van der Waals surface area contributed by atoms with Gasteiger partial charge in [-0.2, -0.15) is 0 Å². The smallest absolute Gasteiger partial charge is 0.226 e. The number of halogens is 1. The van der Waals surface area contributed by atoms with Crippen molar-refractivity contribution in [1.29, 1.82) is 0 Å². The summed E-state index contributed by atoms with van der Waals surface area (Å²) in [5.74, 6) is 0.124. The maximum Gasteiger partial charge on any atom is 0.226 e. The lowest BCUT2D eigenvalue weighted by Crippen LogP contribution is -2.12. The molecule has 7 nitrogen and oxygen atoms in total. The van der Waals surface area contributed by atoms with Gasteiger partial charge in [0.2, 0.25) is 11.0 Å². The van der Waals surface area contributed by atoms with Gasteiger partial charge >= 0.3 is 0 Å². The standard InChI is InChI=1S/C15H16FN5O2S/c1-8(23-2)14-20-21-15(24-14)19-13(22)6-5-12-17-10-4-3-9(16)7-11(10)18-12/h3-4,7-8H,5-6H2,1-2H3,(H,17,18)(H,19,21,22). The fraction of sp³-hybridized carbons (Fsp3) is 0.333. The summed E-state index contributed by atoms with van der Waals surface area (Å²) in [5, 5.41) is 11.7. The van der Waals surface area contributed by atoms with E-state index in [0.29, 0.717) is 33.4 Å². The number of aryl methyl sites for hydroxylation is 1. The molecule has 1 aromatic carbocycles. The van der Waals surface area contributed by atoms with Gasteiger partial charge in [-0.3, -0.25) is 4.79 Å². The Labute approximate surface area is 141 Å². The Balaban J connectivity index is 1.57. The minimum Gasteiger partial charge on any atom is -0.374 e. The van der Waals surface area contributed by atoms with Crippen molar-refractivity contribution >= 4 is 33.4 Å². The first-order valence-corrected chi connectivity index (χ1v) is 8.17. The Hall–Kier alpha value is -2.39. The number of fused-ring (bicyclic) bond motifs is 1. The van der Waals surface area contributed by atoms with Crippen LogP contribution in [0.2, 0.25) is 0 Å². The number of carbonyl (C=O) groups is 1. The Bertz CT molecular complexity index is 863. The zero-order valence-corrected chi connectivity index (χ0v) is 14.0. The van der Waals surface area contributed by atoms with E-state index in [-0.39, 0.29) is 24.2 Å². The zero-order valence-electron chi connectivity index (χ0n) is 13.2. The van der Waals surface area contributed by atoms with Crippen molar-refractivity contribution in [2.45, 2.75) is 25.9 Å². The molecule has 3 rings (SSSR count). The van der Waals surface area contributed by atoms with Gasteiger partial charge in [-0.25, -0.2) is 9.37 Å². The Kier molecular flexibility index (Phi) is 4.81. The molecule has 0 radical (unpaired) electrons. The van der Waals surface area contributed by atoms with Crippen molar-refractivity contribution in [2.24, 2.45) is 0 Å². The first kappa shape index (κ1) is 16.5. The predicted molar refractivity (Wildman–Crippen MR) is 88.3 cm³/mol. The molecular weight excluding hydrogens is 333 g/mol. The van der Waals surface area contributed by atoms with Gasteiger partial charge in [0, 0.05) is 20.0 Å². The largest absolute Gasteiger partial charge is 0.374 e. The monoisotopic (exact) mass is 349 g/mol. The summed E-state index contributed by atoms with van der Waals surface area (Å²) in [5.41, 5.74) is 1.29. The molecule has 0 fully saturated rings. The van der Waals surface area contributed by atoms with Crippen molar-refractivity contribution < 1.29 is 13.9 Å². The molecule has 2 aromatic heterocycles. The molecule has 1 amide bonds. The number of imidazole rings is 1. The Morgan fingerprint density at radius 2 is 2.29 bits per heavy atom. The summed E-state index contributed by atoms with van der Waals surface area (Å²) >= 11 is 1.28. The van der Waals surface area contributed by atoms with Crippen LogP contribution in [0.5, 0.6) is 0 Å². The van der Waals surface area contributed by atoms with Crippen molar-refractivity contribution in [3.05, 3.63) is 34.8 Å². The van der Waals surface area contributed by atoms with Crippen LogP contribution in [0.15, 0.2) is 18.2 Å². The molecule has 1 atom stereocenters. The number of carbonyl (C=O) groups excluding carboxylic acids is 1. The summed E-state index contributed by atoms with van der Waals surface area (Å²) < 4.78 is 18.3. The van der Waals surface area contributed by atoms with Crippen molar-refractivity contribution in [3.63, 3.8) is 0 Å². The van der Waals surface area contributed by atoms with E-state index in [1.54, 1.807) is 13.2 Å². The lowest BCUT2D eigenvalue weighted by atomic mass is 10.3. The summed E-state index contributed by atoms with van der Waals surface area (Å²) in [6.45, 7) is 1.86. The minimum absolute atomic E-state index is 0.163. The van der Waals surface area contributed by atoms with Crippen LogP contribution in [0.1, 0.15) is 30.3 Å². The van der Waals surface area contributed by atoms with Gasteiger partial charge < -0.3 is 15.0 Å². The Morgan fingerprint density at radius 3 is 3.08 bits per heavy atom. The van der Waals surface area contributed by atoms with Crippen molar-refractivity contribution in [3.8, 4) is 0 Å². The third-order valence-electron chi connectivity index (χ3n) is 3.47. The molecule has 0 aliphatic rings. The van der Waals surface area contributed by atoms with Crippen LogP contribution in [0.25, 0.3) is 11.0 Å².